The summed E-state index contributed by atoms with van der Waals surface area (Å²) in [6, 6.07) is 18.0. The summed E-state index contributed by atoms with van der Waals surface area (Å²) in [5.74, 6) is -0.176. The van der Waals surface area contributed by atoms with Gasteiger partial charge in [-0.15, -0.1) is 0 Å². The zero-order valence-corrected chi connectivity index (χ0v) is 17.4. The molecule has 3 aromatic rings. The number of nitrogens with one attached hydrogen (secondary N) is 3. The van der Waals surface area contributed by atoms with Crippen LogP contribution in [0.25, 0.3) is 0 Å². The van der Waals surface area contributed by atoms with Crippen molar-refractivity contribution < 1.29 is 9.59 Å². The number of pyridine rings is 1. The van der Waals surface area contributed by atoms with Gasteiger partial charge in [-0.05, 0) is 59.0 Å². The van der Waals surface area contributed by atoms with Crippen LogP contribution in [0.3, 0.4) is 0 Å². The van der Waals surface area contributed by atoms with Gasteiger partial charge < -0.3 is 16.0 Å². The molecule has 0 radical (unpaired) electrons. The molecule has 6 heteroatoms. The largest absolute Gasteiger partial charge is 0.334 e. The maximum atomic E-state index is 12.5. The highest BCUT2D eigenvalue weighted by atomic mass is 16.2. The zero-order chi connectivity index (χ0) is 21.6. The summed E-state index contributed by atoms with van der Waals surface area (Å²) < 4.78 is 0. The SMILES string of the molecule is CC(C)(C)c1ccc(C(=O)Nc2ccc(NC(=O)NCc3cccnc3)cc2)cc1. The van der Waals surface area contributed by atoms with Gasteiger partial charge >= 0.3 is 6.03 Å². The van der Waals surface area contributed by atoms with Crippen molar-refractivity contribution in [2.45, 2.75) is 32.7 Å². The van der Waals surface area contributed by atoms with E-state index in [1.165, 1.54) is 5.56 Å². The molecule has 154 valence electrons. The molecule has 30 heavy (non-hydrogen) atoms. The summed E-state index contributed by atoms with van der Waals surface area (Å²) in [6.07, 6.45) is 3.39. The van der Waals surface area contributed by atoms with Crippen molar-refractivity contribution in [3.05, 3.63) is 89.7 Å². The Morgan fingerprint density at radius 2 is 1.50 bits per heavy atom. The third kappa shape index (κ3) is 5.91. The van der Waals surface area contributed by atoms with Crippen molar-refractivity contribution >= 4 is 23.3 Å². The third-order valence-electron chi connectivity index (χ3n) is 4.59. The highest BCUT2D eigenvalue weighted by Crippen LogP contribution is 2.22. The average Bonchev–Trinajstić information content (AvgIpc) is 2.74. The monoisotopic (exact) mass is 402 g/mol. The molecule has 0 saturated heterocycles. The molecule has 6 nitrogen and oxygen atoms in total. The Morgan fingerprint density at radius 3 is 2.07 bits per heavy atom. The van der Waals surface area contributed by atoms with Crippen LogP contribution in [0.5, 0.6) is 0 Å². The van der Waals surface area contributed by atoms with Crippen molar-refractivity contribution in [1.29, 1.82) is 0 Å². The summed E-state index contributed by atoms with van der Waals surface area (Å²) in [7, 11) is 0. The summed E-state index contributed by atoms with van der Waals surface area (Å²) >= 11 is 0. The molecule has 3 amide bonds. The smallest absolute Gasteiger partial charge is 0.319 e. The number of benzene rings is 2. The molecule has 0 atom stereocenters. The molecule has 0 aliphatic rings. The van der Waals surface area contributed by atoms with Crippen molar-refractivity contribution in [3.8, 4) is 0 Å². The van der Waals surface area contributed by atoms with Gasteiger partial charge in [-0.2, -0.15) is 0 Å². The Hall–Kier alpha value is -3.67. The molecule has 0 unspecified atom stereocenters. The lowest BCUT2D eigenvalue weighted by Gasteiger charge is -2.19. The number of nitrogens with zero attached hydrogens (tertiary/aromatic N) is 1. The highest BCUT2D eigenvalue weighted by molar-refractivity contribution is 6.04. The van der Waals surface area contributed by atoms with E-state index in [1.807, 2.05) is 36.4 Å². The second-order valence-electron chi connectivity index (χ2n) is 8.03. The number of carbonyl (C=O) groups excluding carboxylic acids is 2. The first-order valence-corrected chi connectivity index (χ1v) is 9.77. The van der Waals surface area contributed by atoms with Crippen LogP contribution in [-0.2, 0) is 12.0 Å². The number of anilines is 2. The lowest BCUT2D eigenvalue weighted by molar-refractivity contribution is 0.102. The molecule has 1 heterocycles. The predicted molar refractivity (Wildman–Crippen MR) is 120 cm³/mol. The van der Waals surface area contributed by atoms with Crippen LogP contribution < -0.4 is 16.0 Å². The minimum atomic E-state index is -0.311. The first-order chi connectivity index (χ1) is 14.3. The van der Waals surface area contributed by atoms with E-state index in [9.17, 15) is 9.59 Å². The third-order valence-corrected chi connectivity index (χ3v) is 4.59. The predicted octanol–water partition coefficient (Wildman–Crippen LogP) is 4.95. The number of rotatable bonds is 5. The van der Waals surface area contributed by atoms with Crippen LogP contribution in [0.1, 0.15) is 42.3 Å². The zero-order valence-electron chi connectivity index (χ0n) is 17.4. The van der Waals surface area contributed by atoms with Gasteiger partial charge in [0.1, 0.15) is 0 Å². The summed E-state index contributed by atoms with van der Waals surface area (Å²) in [5.41, 5.74) is 4.02. The Labute approximate surface area is 176 Å². The van der Waals surface area contributed by atoms with E-state index in [1.54, 1.807) is 36.7 Å². The van der Waals surface area contributed by atoms with Crippen molar-refractivity contribution in [2.24, 2.45) is 0 Å². The normalized spacial score (nSPS) is 10.9. The molecule has 3 N–H and O–H groups in total. The fourth-order valence-corrected chi connectivity index (χ4v) is 2.82. The molecule has 0 saturated carbocycles. The van der Waals surface area contributed by atoms with Crippen molar-refractivity contribution in [1.82, 2.24) is 10.3 Å². The number of hydrogen-bond donors (Lipinski definition) is 3. The minimum absolute atomic E-state index is 0.0438. The van der Waals surface area contributed by atoms with E-state index >= 15 is 0 Å². The van der Waals surface area contributed by atoms with Gasteiger partial charge in [-0.25, -0.2) is 4.79 Å². The topological polar surface area (TPSA) is 83.1 Å². The van der Waals surface area contributed by atoms with E-state index in [0.717, 1.165) is 5.56 Å². The summed E-state index contributed by atoms with van der Waals surface area (Å²) in [5, 5.41) is 8.40. The van der Waals surface area contributed by atoms with Crippen molar-refractivity contribution in [2.75, 3.05) is 10.6 Å². The van der Waals surface area contributed by atoms with Crippen molar-refractivity contribution in [3.63, 3.8) is 0 Å². The lowest BCUT2D eigenvalue weighted by Crippen LogP contribution is -2.28. The molecular formula is C24H26N4O2. The van der Waals surface area contributed by atoms with Crippen LogP contribution in [-0.4, -0.2) is 16.9 Å². The quantitative estimate of drug-likeness (QED) is 0.564. The van der Waals surface area contributed by atoms with Crippen LogP contribution in [0.4, 0.5) is 16.2 Å². The maximum Gasteiger partial charge on any atom is 0.319 e. The summed E-state index contributed by atoms with van der Waals surface area (Å²) in [4.78, 5) is 28.5. The lowest BCUT2D eigenvalue weighted by atomic mass is 9.87. The van der Waals surface area contributed by atoms with Crippen LogP contribution >= 0.6 is 0 Å². The van der Waals surface area contributed by atoms with Gasteiger partial charge in [0.2, 0.25) is 0 Å². The Balaban J connectivity index is 1.52. The number of amides is 3. The standard InChI is InChI=1S/C24H26N4O2/c1-24(2,3)19-8-6-18(7-9-19)22(29)27-20-10-12-21(13-11-20)28-23(30)26-16-17-5-4-14-25-15-17/h4-15H,16H2,1-3H3,(H,27,29)(H2,26,28,30). The second kappa shape index (κ2) is 9.22. The second-order valence-corrected chi connectivity index (χ2v) is 8.03. The van der Waals surface area contributed by atoms with Gasteiger partial charge in [-0.1, -0.05) is 39.0 Å². The van der Waals surface area contributed by atoms with E-state index in [0.29, 0.717) is 23.5 Å². The van der Waals surface area contributed by atoms with Crippen LogP contribution in [0.2, 0.25) is 0 Å². The fourth-order valence-electron chi connectivity index (χ4n) is 2.82. The molecule has 0 aliphatic heterocycles. The number of urea groups is 1. The summed E-state index contributed by atoms with van der Waals surface area (Å²) in [6.45, 7) is 6.80. The number of hydrogen-bond acceptors (Lipinski definition) is 3. The first-order valence-electron chi connectivity index (χ1n) is 9.77. The van der Waals surface area contributed by atoms with Crippen LogP contribution in [0.15, 0.2) is 73.1 Å². The minimum Gasteiger partial charge on any atom is -0.334 e. The van der Waals surface area contributed by atoms with Gasteiger partial charge in [0.05, 0.1) is 0 Å². The van der Waals surface area contributed by atoms with E-state index in [2.05, 4.69) is 41.7 Å². The Morgan fingerprint density at radius 1 is 0.867 bits per heavy atom. The fraction of sp³-hybridized carbons (Fsp3) is 0.208. The molecule has 0 aliphatic carbocycles. The molecule has 0 bridgehead atoms. The number of carbonyl (C=O) groups is 2. The molecule has 0 fully saturated rings. The van der Waals surface area contributed by atoms with E-state index < -0.39 is 0 Å². The molecule has 1 aromatic heterocycles. The van der Waals surface area contributed by atoms with E-state index in [4.69, 9.17) is 0 Å². The van der Waals surface area contributed by atoms with Gasteiger partial charge in [0.25, 0.3) is 5.91 Å². The van der Waals surface area contributed by atoms with Gasteiger partial charge in [-0.3, -0.25) is 9.78 Å². The maximum absolute atomic E-state index is 12.5. The van der Waals surface area contributed by atoms with E-state index in [-0.39, 0.29) is 17.4 Å². The van der Waals surface area contributed by atoms with Gasteiger partial charge in [0, 0.05) is 35.9 Å². The number of aromatic nitrogens is 1. The molecule has 2 aromatic carbocycles. The first kappa shape index (κ1) is 21.0. The average molecular weight is 402 g/mol. The molecule has 0 spiro atoms. The Bertz CT molecular complexity index is 992. The molecular weight excluding hydrogens is 376 g/mol. The highest BCUT2D eigenvalue weighted by Gasteiger charge is 2.14. The molecule has 3 rings (SSSR count). The van der Waals surface area contributed by atoms with Crippen LogP contribution in [0, 0.1) is 0 Å². The Kier molecular flexibility index (Phi) is 6.47. The van der Waals surface area contributed by atoms with Gasteiger partial charge in [0.15, 0.2) is 0 Å².